The second-order valence-corrected chi connectivity index (χ2v) is 6.34. The second-order valence-electron chi connectivity index (χ2n) is 5.09. The zero-order valence-corrected chi connectivity index (χ0v) is 13.2. The molecule has 0 atom stereocenters. The van der Waals surface area contributed by atoms with Gasteiger partial charge in [-0.25, -0.2) is 8.78 Å². The number of hydrogen-bond acceptors (Lipinski definition) is 3. The topological polar surface area (TPSA) is 24.1 Å². The van der Waals surface area contributed by atoms with Gasteiger partial charge in [0.05, 0.1) is 0 Å². The summed E-state index contributed by atoms with van der Waals surface area (Å²) in [6.45, 7) is 1.40. The van der Waals surface area contributed by atoms with Crippen molar-refractivity contribution in [3.63, 3.8) is 0 Å². The van der Waals surface area contributed by atoms with E-state index in [0.29, 0.717) is 13.1 Å². The fraction of sp³-hybridized carbons (Fsp3) is 0.111. The van der Waals surface area contributed by atoms with Gasteiger partial charge in [0.2, 0.25) is 0 Å². The van der Waals surface area contributed by atoms with E-state index in [9.17, 15) is 8.78 Å². The average molecular weight is 330 g/mol. The van der Waals surface area contributed by atoms with Crippen molar-refractivity contribution >= 4 is 22.7 Å². The van der Waals surface area contributed by atoms with E-state index in [1.165, 1.54) is 34.0 Å². The smallest absolute Gasteiger partial charge is 0.123 e. The minimum Gasteiger partial charge on any atom is -0.380 e. The van der Waals surface area contributed by atoms with Crippen LogP contribution in [0.3, 0.4) is 0 Å². The van der Waals surface area contributed by atoms with Gasteiger partial charge in [-0.05, 0) is 60.7 Å². The van der Waals surface area contributed by atoms with Crippen molar-refractivity contribution in [1.29, 1.82) is 0 Å². The van der Waals surface area contributed by atoms with Gasteiger partial charge in [0.25, 0.3) is 0 Å². The van der Waals surface area contributed by atoms with Crippen LogP contribution in [0.25, 0.3) is 0 Å². The zero-order chi connectivity index (χ0) is 16.1. The summed E-state index contributed by atoms with van der Waals surface area (Å²) in [5, 5.41) is 6.53. The molecule has 0 aliphatic heterocycles. The van der Waals surface area contributed by atoms with Crippen LogP contribution in [-0.4, -0.2) is 0 Å². The maximum Gasteiger partial charge on any atom is 0.123 e. The fourth-order valence-electron chi connectivity index (χ4n) is 2.13. The molecule has 1 heterocycles. The first-order valence-corrected chi connectivity index (χ1v) is 8.07. The van der Waals surface area contributed by atoms with Gasteiger partial charge in [-0.2, -0.15) is 0 Å². The molecule has 3 aromatic rings. The van der Waals surface area contributed by atoms with Gasteiger partial charge < -0.3 is 10.6 Å². The number of hydrogen-bond donors (Lipinski definition) is 2. The molecule has 0 fully saturated rings. The van der Waals surface area contributed by atoms with Crippen LogP contribution < -0.4 is 10.6 Å². The molecule has 0 aliphatic carbocycles. The van der Waals surface area contributed by atoms with E-state index in [-0.39, 0.29) is 11.6 Å². The first-order chi connectivity index (χ1) is 11.2. The molecule has 0 radical (unpaired) electrons. The Kier molecular flexibility index (Phi) is 4.88. The molecule has 0 aliphatic rings. The molecule has 5 heteroatoms. The van der Waals surface area contributed by atoms with Gasteiger partial charge in [-0.1, -0.05) is 0 Å². The molecule has 1 aromatic heterocycles. The Labute approximate surface area is 137 Å². The highest BCUT2D eigenvalue weighted by atomic mass is 32.1. The lowest BCUT2D eigenvalue weighted by atomic mass is 10.3. The van der Waals surface area contributed by atoms with Gasteiger partial charge in [0.1, 0.15) is 11.6 Å². The zero-order valence-electron chi connectivity index (χ0n) is 12.4. The van der Waals surface area contributed by atoms with Gasteiger partial charge in [-0.3, -0.25) is 0 Å². The number of nitrogens with one attached hydrogen (secondary N) is 2. The minimum atomic E-state index is -0.235. The molecule has 0 spiro atoms. The van der Waals surface area contributed by atoms with Crippen LogP contribution >= 0.6 is 11.3 Å². The van der Waals surface area contributed by atoms with Crippen LogP contribution in [0.4, 0.5) is 20.2 Å². The maximum absolute atomic E-state index is 12.8. The van der Waals surface area contributed by atoms with E-state index in [1.807, 2.05) is 0 Å². The third kappa shape index (κ3) is 4.53. The number of halogens is 2. The lowest BCUT2D eigenvalue weighted by Crippen LogP contribution is -1.97. The molecule has 0 unspecified atom stereocenters. The van der Waals surface area contributed by atoms with Crippen molar-refractivity contribution in [2.75, 3.05) is 10.6 Å². The number of benzene rings is 2. The summed E-state index contributed by atoms with van der Waals surface area (Å²) >= 11 is 1.70. The van der Waals surface area contributed by atoms with E-state index < -0.39 is 0 Å². The second kappa shape index (κ2) is 7.24. The Balaban J connectivity index is 1.51. The third-order valence-corrected chi connectivity index (χ3v) is 4.42. The van der Waals surface area contributed by atoms with Crippen LogP contribution in [0.5, 0.6) is 0 Å². The quantitative estimate of drug-likeness (QED) is 0.645. The molecule has 0 saturated heterocycles. The molecule has 3 rings (SSSR count). The maximum atomic E-state index is 12.8. The number of anilines is 2. The highest BCUT2D eigenvalue weighted by Gasteiger charge is 2.01. The monoisotopic (exact) mass is 330 g/mol. The summed E-state index contributed by atoms with van der Waals surface area (Å²) in [7, 11) is 0. The van der Waals surface area contributed by atoms with E-state index in [0.717, 1.165) is 11.4 Å². The van der Waals surface area contributed by atoms with Crippen LogP contribution in [0.2, 0.25) is 0 Å². The van der Waals surface area contributed by atoms with Gasteiger partial charge in [-0.15, -0.1) is 11.3 Å². The van der Waals surface area contributed by atoms with Crippen molar-refractivity contribution in [3.8, 4) is 0 Å². The standard InChI is InChI=1S/C18H16F2N2S/c19-13-1-5-15(6-2-13)21-11-17-9-10-18(23-17)12-22-16-7-3-14(20)4-8-16/h1-10,21-22H,11-12H2. The van der Waals surface area contributed by atoms with Crippen molar-refractivity contribution in [1.82, 2.24) is 0 Å². The van der Waals surface area contributed by atoms with E-state index in [2.05, 4.69) is 22.8 Å². The van der Waals surface area contributed by atoms with Crippen LogP contribution in [0.1, 0.15) is 9.75 Å². The summed E-state index contributed by atoms with van der Waals surface area (Å²) in [6, 6.07) is 16.8. The lowest BCUT2D eigenvalue weighted by Gasteiger charge is -2.05. The molecule has 2 N–H and O–H groups in total. The molecule has 0 bridgehead atoms. The predicted molar refractivity (Wildman–Crippen MR) is 91.8 cm³/mol. The number of rotatable bonds is 6. The summed E-state index contributed by atoms with van der Waals surface area (Å²) in [4.78, 5) is 2.40. The van der Waals surface area contributed by atoms with Gasteiger partial charge in [0, 0.05) is 34.2 Å². The highest BCUT2D eigenvalue weighted by Crippen LogP contribution is 2.20. The first-order valence-electron chi connectivity index (χ1n) is 7.25. The SMILES string of the molecule is Fc1ccc(NCc2ccc(CNc3ccc(F)cc3)s2)cc1. The van der Waals surface area contributed by atoms with E-state index in [1.54, 1.807) is 35.6 Å². The molecule has 23 heavy (non-hydrogen) atoms. The van der Waals surface area contributed by atoms with Crippen LogP contribution in [-0.2, 0) is 13.1 Å². The van der Waals surface area contributed by atoms with Gasteiger partial charge >= 0.3 is 0 Å². The van der Waals surface area contributed by atoms with Crippen molar-refractivity contribution in [2.45, 2.75) is 13.1 Å². The Bertz CT molecular complexity index is 687. The largest absolute Gasteiger partial charge is 0.380 e. The predicted octanol–water partition coefficient (Wildman–Crippen LogP) is 5.25. The van der Waals surface area contributed by atoms with Crippen molar-refractivity contribution < 1.29 is 8.78 Å². The van der Waals surface area contributed by atoms with E-state index in [4.69, 9.17) is 0 Å². The molecule has 118 valence electrons. The lowest BCUT2D eigenvalue weighted by molar-refractivity contribution is 0.627. The molecule has 0 amide bonds. The first kappa shape index (κ1) is 15.5. The van der Waals surface area contributed by atoms with E-state index >= 15 is 0 Å². The summed E-state index contributed by atoms with van der Waals surface area (Å²) in [5.74, 6) is -0.471. The Morgan fingerprint density at radius 1 is 0.609 bits per heavy atom. The van der Waals surface area contributed by atoms with Crippen LogP contribution in [0.15, 0.2) is 60.7 Å². The normalized spacial score (nSPS) is 10.5. The highest BCUT2D eigenvalue weighted by molar-refractivity contribution is 7.12. The molecule has 0 saturated carbocycles. The van der Waals surface area contributed by atoms with Crippen molar-refractivity contribution in [3.05, 3.63) is 82.1 Å². The Morgan fingerprint density at radius 2 is 1.00 bits per heavy atom. The molecule has 2 aromatic carbocycles. The Hall–Kier alpha value is -2.40. The van der Waals surface area contributed by atoms with Crippen molar-refractivity contribution in [2.24, 2.45) is 0 Å². The molecular formula is C18H16F2N2S. The summed E-state index contributed by atoms with van der Waals surface area (Å²) in [5.41, 5.74) is 1.79. The fourth-order valence-corrected chi connectivity index (χ4v) is 3.02. The van der Waals surface area contributed by atoms with Crippen LogP contribution in [0, 0.1) is 11.6 Å². The average Bonchev–Trinajstić information content (AvgIpc) is 3.02. The minimum absolute atomic E-state index is 0.235. The molecule has 2 nitrogen and oxygen atoms in total. The third-order valence-electron chi connectivity index (χ3n) is 3.34. The summed E-state index contributed by atoms with van der Waals surface area (Å²) < 4.78 is 25.7. The molecular weight excluding hydrogens is 314 g/mol. The summed E-state index contributed by atoms with van der Waals surface area (Å²) in [6.07, 6.45) is 0. The van der Waals surface area contributed by atoms with Gasteiger partial charge in [0.15, 0.2) is 0 Å². The Morgan fingerprint density at radius 3 is 1.39 bits per heavy atom. The number of thiophene rings is 1.